The molecule has 0 aliphatic carbocycles. The zero-order chi connectivity index (χ0) is 17.2. The molecule has 0 bridgehead atoms. The Balaban J connectivity index is 2.25. The van der Waals surface area contributed by atoms with Crippen LogP contribution < -0.4 is 0 Å². The van der Waals surface area contributed by atoms with Crippen molar-refractivity contribution in [2.45, 2.75) is 0 Å². The number of ether oxygens (including phenoxy) is 2. The fourth-order valence-electron chi connectivity index (χ4n) is 2.23. The number of methoxy groups -OCH3 is 2. The second-order valence-corrected chi connectivity index (χ2v) is 4.97. The molecule has 2 rings (SSSR count). The third-order valence-corrected chi connectivity index (χ3v) is 3.37. The number of rotatable bonds is 6. The summed E-state index contributed by atoms with van der Waals surface area (Å²) in [4.78, 5) is 12.0. The van der Waals surface area contributed by atoms with E-state index in [2.05, 4.69) is 0 Å². The highest BCUT2D eigenvalue weighted by molar-refractivity contribution is 6.17. The molecule has 0 spiro atoms. The smallest absolute Gasteiger partial charge is 0.341 e. The van der Waals surface area contributed by atoms with Crippen LogP contribution in [0.5, 0.6) is 0 Å². The first-order chi connectivity index (χ1) is 11.8. The van der Waals surface area contributed by atoms with Gasteiger partial charge in [0.2, 0.25) is 0 Å². The average molecular weight is 320 g/mol. The summed E-state index contributed by atoms with van der Waals surface area (Å²) >= 11 is 0. The Labute approximate surface area is 142 Å². The Kier molecular flexibility index (Phi) is 6.59. The van der Waals surface area contributed by atoms with Crippen LogP contribution in [0.25, 0.3) is 17.7 Å². The number of hydrogen-bond donors (Lipinski definition) is 0. The van der Waals surface area contributed by atoms with E-state index in [1.165, 1.54) is 20.5 Å². The van der Waals surface area contributed by atoms with Crippen molar-refractivity contribution in [2.24, 2.45) is 0 Å². The fourth-order valence-corrected chi connectivity index (χ4v) is 2.23. The fraction of sp³-hybridized carbons (Fsp3) is 0.0952. The summed E-state index contributed by atoms with van der Waals surface area (Å²) in [5.74, 6) is -0.433. The summed E-state index contributed by atoms with van der Waals surface area (Å²) in [7, 11) is 2.86. The maximum atomic E-state index is 12.0. The molecule has 24 heavy (non-hydrogen) atoms. The lowest BCUT2D eigenvalue weighted by Gasteiger charge is -2.08. The largest absolute Gasteiger partial charge is 0.503 e. The molecule has 2 aromatic carbocycles. The Hall–Kier alpha value is -3.07. The summed E-state index contributed by atoms with van der Waals surface area (Å²) in [6, 6.07) is 17.7. The Morgan fingerprint density at radius 2 is 1.54 bits per heavy atom. The Morgan fingerprint density at radius 1 is 0.875 bits per heavy atom. The van der Waals surface area contributed by atoms with Crippen LogP contribution in [-0.2, 0) is 14.3 Å². The zero-order valence-electron chi connectivity index (χ0n) is 13.8. The highest BCUT2D eigenvalue weighted by Crippen LogP contribution is 2.22. The van der Waals surface area contributed by atoms with E-state index in [0.29, 0.717) is 5.57 Å². The van der Waals surface area contributed by atoms with Crippen molar-refractivity contribution in [1.29, 1.82) is 0 Å². The van der Waals surface area contributed by atoms with Crippen LogP contribution in [0, 0.1) is 0 Å². The number of carbonyl (C=O) groups is 1. The van der Waals surface area contributed by atoms with E-state index >= 15 is 0 Å². The molecule has 0 unspecified atom stereocenters. The minimum Gasteiger partial charge on any atom is -0.503 e. The predicted molar refractivity (Wildman–Crippen MR) is 98.0 cm³/mol. The van der Waals surface area contributed by atoms with E-state index in [-0.39, 0.29) is 0 Å². The van der Waals surface area contributed by atoms with Gasteiger partial charge in [0.25, 0.3) is 0 Å². The second-order valence-electron chi connectivity index (χ2n) is 4.97. The van der Waals surface area contributed by atoms with Crippen molar-refractivity contribution in [1.82, 2.24) is 0 Å². The first-order valence-corrected chi connectivity index (χ1v) is 7.56. The van der Waals surface area contributed by atoms with Gasteiger partial charge in [-0.15, -0.1) is 0 Å². The van der Waals surface area contributed by atoms with Crippen molar-refractivity contribution in [3.8, 4) is 0 Å². The quantitative estimate of drug-likeness (QED) is 0.338. The molecule has 122 valence electrons. The molecule has 0 radical (unpaired) electrons. The Morgan fingerprint density at radius 3 is 2.25 bits per heavy atom. The SMILES string of the molecule is COC=C(C(=O)OC)c1ccccc1C=CC=Cc1ccccc1. The number of esters is 1. The van der Waals surface area contributed by atoms with E-state index in [4.69, 9.17) is 9.47 Å². The van der Waals surface area contributed by atoms with Crippen LogP contribution >= 0.6 is 0 Å². The van der Waals surface area contributed by atoms with Crippen molar-refractivity contribution < 1.29 is 14.3 Å². The normalized spacial score (nSPS) is 11.8. The summed E-state index contributed by atoms with van der Waals surface area (Å²) in [6.07, 6.45) is 9.27. The first-order valence-electron chi connectivity index (χ1n) is 7.56. The van der Waals surface area contributed by atoms with Gasteiger partial charge in [0.15, 0.2) is 0 Å². The van der Waals surface area contributed by atoms with Gasteiger partial charge < -0.3 is 9.47 Å². The third-order valence-electron chi connectivity index (χ3n) is 3.37. The maximum Gasteiger partial charge on any atom is 0.341 e. The van der Waals surface area contributed by atoms with Gasteiger partial charge in [-0.25, -0.2) is 4.79 Å². The lowest BCUT2D eigenvalue weighted by atomic mass is 10.00. The molecule has 0 heterocycles. The molecule has 0 saturated carbocycles. The van der Waals surface area contributed by atoms with Gasteiger partial charge >= 0.3 is 5.97 Å². The van der Waals surface area contributed by atoms with Crippen LogP contribution in [0.4, 0.5) is 0 Å². The number of benzene rings is 2. The van der Waals surface area contributed by atoms with Gasteiger partial charge in [-0.05, 0) is 16.7 Å². The summed E-state index contributed by atoms with van der Waals surface area (Å²) in [5, 5.41) is 0. The van der Waals surface area contributed by atoms with Crippen molar-refractivity contribution in [3.63, 3.8) is 0 Å². The van der Waals surface area contributed by atoms with Crippen molar-refractivity contribution in [3.05, 3.63) is 89.7 Å². The van der Waals surface area contributed by atoms with Crippen molar-refractivity contribution >= 4 is 23.7 Å². The molecule has 0 aliphatic heterocycles. The van der Waals surface area contributed by atoms with Crippen LogP contribution in [0.3, 0.4) is 0 Å². The number of allylic oxidation sites excluding steroid dienone is 2. The monoisotopic (exact) mass is 320 g/mol. The molecule has 0 amide bonds. The second kappa shape index (κ2) is 9.16. The third kappa shape index (κ3) is 4.71. The van der Waals surface area contributed by atoms with Gasteiger partial charge in [0.05, 0.1) is 20.5 Å². The van der Waals surface area contributed by atoms with E-state index in [9.17, 15) is 4.79 Å². The van der Waals surface area contributed by atoms with Crippen LogP contribution in [-0.4, -0.2) is 20.2 Å². The molecule has 3 heteroatoms. The minimum absolute atomic E-state index is 0.382. The molecular formula is C21H20O3. The number of hydrogen-bond acceptors (Lipinski definition) is 3. The van der Waals surface area contributed by atoms with Gasteiger partial charge in [-0.1, -0.05) is 78.9 Å². The number of carbonyl (C=O) groups excluding carboxylic acids is 1. The van der Waals surface area contributed by atoms with E-state index in [0.717, 1.165) is 16.7 Å². The van der Waals surface area contributed by atoms with E-state index in [1.54, 1.807) is 0 Å². The molecule has 0 fully saturated rings. The first kappa shape index (κ1) is 17.3. The molecule has 3 nitrogen and oxygen atoms in total. The Bertz CT molecular complexity index is 756. The lowest BCUT2D eigenvalue weighted by molar-refractivity contribution is -0.133. The zero-order valence-corrected chi connectivity index (χ0v) is 13.8. The highest BCUT2D eigenvalue weighted by atomic mass is 16.5. The highest BCUT2D eigenvalue weighted by Gasteiger charge is 2.15. The van der Waals surface area contributed by atoms with Gasteiger partial charge in [0.1, 0.15) is 5.57 Å². The minimum atomic E-state index is -0.433. The summed E-state index contributed by atoms with van der Waals surface area (Å²) in [5.41, 5.74) is 3.18. The van der Waals surface area contributed by atoms with Crippen molar-refractivity contribution in [2.75, 3.05) is 14.2 Å². The molecular weight excluding hydrogens is 300 g/mol. The maximum absolute atomic E-state index is 12.0. The topological polar surface area (TPSA) is 35.5 Å². The van der Waals surface area contributed by atoms with Gasteiger partial charge in [-0.3, -0.25) is 0 Å². The molecule has 0 N–H and O–H groups in total. The molecule has 0 aliphatic rings. The van der Waals surface area contributed by atoms with Crippen LogP contribution in [0.15, 0.2) is 73.0 Å². The average Bonchev–Trinajstić information content (AvgIpc) is 2.64. The molecule has 0 aromatic heterocycles. The van der Waals surface area contributed by atoms with Gasteiger partial charge in [-0.2, -0.15) is 0 Å². The summed E-state index contributed by atoms with van der Waals surface area (Å²) in [6.45, 7) is 0. The van der Waals surface area contributed by atoms with Crippen LogP contribution in [0.2, 0.25) is 0 Å². The van der Waals surface area contributed by atoms with Crippen LogP contribution in [0.1, 0.15) is 16.7 Å². The predicted octanol–water partition coefficient (Wildman–Crippen LogP) is 4.57. The lowest BCUT2D eigenvalue weighted by Crippen LogP contribution is -2.05. The summed E-state index contributed by atoms with van der Waals surface area (Å²) < 4.78 is 9.85. The van der Waals surface area contributed by atoms with Gasteiger partial charge in [0, 0.05) is 0 Å². The molecule has 0 atom stereocenters. The molecule has 2 aromatic rings. The molecule has 0 saturated heterocycles. The van der Waals surface area contributed by atoms with E-state index in [1.807, 2.05) is 78.9 Å². The van der Waals surface area contributed by atoms with E-state index < -0.39 is 5.97 Å². The standard InChI is InChI=1S/C21H20O3/c1-23-16-20(21(22)24-2)19-15-9-8-14-18(19)13-7-6-12-17-10-4-3-5-11-17/h3-16H,1-2H3.